The number of azide groups is 1. The van der Waals surface area contributed by atoms with Crippen LogP contribution in [0.3, 0.4) is 0 Å². The van der Waals surface area contributed by atoms with E-state index in [1.807, 2.05) is 6.55 Å². The summed E-state index contributed by atoms with van der Waals surface area (Å²) < 4.78 is 11.6. The second kappa shape index (κ2) is 10.1. The number of amides is 1. The molecule has 0 spiro atoms. The fourth-order valence-corrected chi connectivity index (χ4v) is 3.95. The lowest BCUT2D eigenvalue weighted by Gasteiger charge is -2.26. The predicted octanol–water partition coefficient (Wildman–Crippen LogP) is 3.53. The van der Waals surface area contributed by atoms with Gasteiger partial charge in [0.15, 0.2) is 0 Å². The van der Waals surface area contributed by atoms with Gasteiger partial charge in [-0.25, -0.2) is 0 Å². The van der Waals surface area contributed by atoms with Crippen LogP contribution in [-0.2, 0) is 13.6 Å². The van der Waals surface area contributed by atoms with Crippen LogP contribution in [0.15, 0.2) is 5.11 Å². The first-order valence-electron chi connectivity index (χ1n) is 6.43. The van der Waals surface area contributed by atoms with E-state index in [1.165, 1.54) is 0 Å². The Balaban J connectivity index is 4.13. The molecule has 0 aromatic carbocycles. The maximum absolute atomic E-state index is 11.1. The second-order valence-electron chi connectivity index (χ2n) is 4.27. The number of carbonyl (C=O) groups excluding carboxylic acids is 1. The summed E-state index contributed by atoms with van der Waals surface area (Å²) in [5.74, 6) is -0.417. The third-order valence-electron chi connectivity index (χ3n) is 2.40. The molecule has 0 fully saturated rings. The summed E-state index contributed by atoms with van der Waals surface area (Å²) >= 11 is 0. The molecule has 0 rings (SSSR count). The van der Waals surface area contributed by atoms with Gasteiger partial charge in [-0.1, -0.05) is 13.8 Å². The molecule has 0 aromatic rings. The highest BCUT2D eigenvalue weighted by molar-refractivity contribution is 6.66. The Morgan fingerprint density at radius 2 is 1.83 bits per heavy atom. The van der Waals surface area contributed by atoms with Crippen LogP contribution in [0, 0.1) is 0 Å². The van der Waals surface area contributed by atoms with E-state index in [9.17, 15) is 4.79 Å². The predicted molar refractivity (Wildman–Crippen MR) is 72.3 cm³/mol. The van der Waals surface area contributed by atoms with Crippen molar-refractivity contribution in [1.82, 2.24) is 0 Å². The van der Waals surface area contributed by atoms with Crippen molar-refractivity contribution in [1.29, 1.82) is 0 Å². The molecule has 18 heavy (non-hydrogen) atoms. The summed E-state index contributed by atoms with van der Waals surface area (Å²) in [6.07, 6.45) is 2.82. The average molecular weight is 273 g/mol. The van der Waals surface area contributed by atoms with E-state index in [1.54, 1.807) is 0 Å². The highest BCUT2D eigenvalue weighted by atomic mass is 28.4. The molecule has 0 aliphatic carbocycles. The average Bonchev–Trinajstić information content (AvgIpc) is 2.34. The van der Waals surface area contributed by atoms with Gasteiger partial charge in [0.2, 0.25) is 5.91 Å². The lowest BCUT2D eigenvalue weighted by Crippen LogP contribution is -2.39. The Bertz CT molecular complexity index is 285. The van der Waals surface area contributed by atoms with Gasteiger partial charge < -0.3 is 8.85 Å². The SMILES string of the molecule is CCCO[Si](C)(CCCC(=O)N=[N+]=[N-])OCCC. The van der Waals surface area contributed by atoms with Crippen LogP contribution in [0.1, 0.15) is 39.5 Å². The first-order chi connectivity index (χ1) is 8.58. The van der Waals surface area contributed by atoms with Crippen molar-refractivity contribution in [2.45, 2.75) is 52.1 Å². The molecule has 1 amide bonds. The molecule has 6 nitrogen and oxygen atoms in total. The zero-order chi connectivity index (χ0) is 13.9. The van der Waals surface area contributed by atoms with Crippen molar-refractivity contribution in [3.8, 4) is 0 Å². The van der Waals surface area contributed by atoms with E-state index in [0.29, 0.717) is 19.6 Å². The van der Waals surface area contributed by atoms with E-state index < -0.39 is 14.5 Å². The van der Waals surface area contributed by atoms with Gasteiger partial charge in [-0.05, 0) is 42.5 Å². The standard InChI is InChI=1S/C11H23N3O3Si/c1-4-8-16-18(3,17-9-5-2)10-6-7-11(15)13-14-12/h4-10H2,1-3H3. The summed E-state index contributed by atoms with van der Waals surface area (Å²) in [5.41, 5.74) is 8.12. The first-order valence-corrected chi connectivity index (χ1v) is 8.96. The van der Waals surface area contributed by atoms with Gasteiger partial charge in [0.1, 0.15) is 0 Å². The molecule has 0 aliphatic heterocycles. The molecule has 0 saturated carbocycles. The lowest BCUT2D eigenvalue weighted by molar-refractivity contribution is -0.118. The maximum atomic E-state index is 11.1. The van der Waals surface area contributed by atoms with E-state index in [0.717, 1.165) is 18.9 Å². The van der Waals surface area contributed by atoms with Crippen LogP contribution in [-0.4, -0.2) is 27.7 Å². The third kappa shape index (κ3) is 8.24. The van der Waals surface area contributed by atoms with Crippen LogP contribution >= 0.6 is 0 Å². The van der Waals surface area contributed by atoms with E-state index in [4.69, 9.17) is 14.4 Å². The van der Waals surface area contributed by atoms with Crippen molar-refractivity contribution in [2.75, 3.05) is 13.2 Å². The minimum Gasteiger partial charge on any atom is -0.394 e. The van der Waals surface area contributed by atoms with Crippen LogP contribution in [0.4, 0.5) is 0 Å². The minimum atomic E-state index is -2.17. The Kier molecular flexibility index (Phi) is 9.58. The zero-order valence-corrected chi connectivity index (χ0v) is 12.5. The Hall–Kier alpha value is -0.883. The normalized spacial score (nSPS) is 11.1. The molecule has 0 aromatic heterocycles. The zero-order valence-electron chi connectivity index (χ0n) is 11.5. The minimum absolute atomic E-state index is 0.262. The van der Waals surface area contributed by atoms with Gasteiger partial charge in [0.05, 0.1) is 0 Å². The fourth-order valence-electron chi connectivity index (χ4n) is 1.48. The van der Waals surface area contributed by atoms with Gasteiger partial charge in [0.25, 0.3) is 0 Å². The number of rotatable bonds is 10. The summed E-state index contributed by atoms with van der Waals surface area (Å²) in [4.78, 5) is 13.5. The maximum Gasteiger partial charge on any atom is 0.334 e. The molecule has 104 valence electrons. The molecule has 0 atom stereocenters. The fraction of sp³-hybridized carbons (Fsp3) is 0.909. The van der Waals surface area contributed by atoms with Gasteiger partial charge in [-0.2, -0.15) is 0 Å². The third-order valence-corrected chi connectivity index (χ3v) is 5.29. The monoisotopic (exact) mass is 273 g/mol. The van der Waals surface area contributed by atoms with Crippen molar-refractivity contribution in [2.24, 2.45) is 5.11 Å². The second-order valence-corrected chi connectivity index (χ2v) is 7.61. The van der Waals surface area contributed by atoms with Gasteiger partial charge in [0, 0.05) is 24.5 Å². The summed E-state index contributed by atoms with van der Waals surface area (Å²) in [7, 11) is -2.17. The Morgan fingerprint density at radius 3 is 2.28 bits per heavy atom. The van der Waals surface area contributed by atoms with Crippen LogP contribution in [0.25, 0.3) is 10.4 Å². The van der Waals surface area contributed by atoms with Crippen molar-refractivity contribution < 1.29 is 13.6 Å². The topological polar surface area (TPSA) is 84.3 Å². The number of carbonyl (C=O) groups is 1. The van der Waals surface area contributed by atoms with E-state index in [2.05, 4.69) is 23.9 Å². The molecular weight excluding hydrogens is 250 g/mol. The van der Waals surface area contributed by atoms with E-state index in [-0.39, 0.29) is 6.42 Å². The molecule has 0 aliphatic rings. The van der Waals surface area contributed by atoms with Gasteiger partial charge in [-0.3, -0.25) is 4.79 Å². The summed E-state index contributed by atoms with van der Waals surface area (Å²) in [6, 6.07) is 0.750. The molecule has 0 heterocycles. The molecular formula is C11H23N3O3Si. The Labute approximate surface area is 110 Å². The van der Waals surface area contributed by atoms with Gasteiger partial charge >= 0.3 is 8.56 Å². The molecule has 0 N–H and O–H groups in total. The summed E-state index contributed by atoms with van der Waals surface area (Å²) in [5, 5.41) is 3.04. The molecule has 0 radical (unpaired) electrons. The molecule has 7 heteroatoms. The van der Waals surface area contributed by atoms with Crippen molar-refractivity contribution >= 4 is 14.5 Å². The van der Waals surface area contributed by atoms with Gasteiger partial charge in [-0.15, -0.1) is 0 Å². The van der Waals surface area contributed by atoms with E-state index >= 15 is 0 Å². The molecule has 0 saturated heterocycles. The smallest absolute Gasteiger partial charge is 0.334 e. The number of hydrogen-bond donors (Lipinski definition) is 0. The number of nitrogens with zero attached hydrogens (tertiary/aromatic N) is 3. The Morgan fingerprint density at radius 1 is 1.28 bits per heavy atom. The van der Waals surface area contributed by atoms with Crippen LogP contribution < -0.4 is 0 Å². The highest BCUT2D eigenvalue weighted by Crippen LogP contribution is 2.18. The first kappa shape index (κ1) is 17.1. The van der Waals surface area contributed by atoms with Crippen LogP contribution in [0.5, 0.6) is 0 Å². The largest absolute Gasteiger partial charge is 0.394 e. The summed E-state index contributed by atoms with van der Waals surface area (Å²) in [6.45, 7) is 7.52. The molecule has 0 bridgehead atoms. The van der Waals surface area contributed by atoms with Crippen molar-refractivity contribution in [3.05, 3.63) is 10.4 Å². The quantitative estimate of drug-likeness (QED) is 0.264. The lowest BCUT2D eigenvalue weighted by atomic mass is 10.3. The van der Waals surface area contributed by atoms with Crippen LogP contribution in [0.2, 0.25) is 12.6 Å². The highest BCUT2D eigenvalue weighted by Gasteiger charge is 2.30. The van der Waals surface area contributed by atoms with Crippen molar-refractivity contribution in [3.63, 3.8) is 0 Å². The number of hydrogen-bond acceptors (Lipinski definition) is 3. The molecule has 0 unspecified atom stereocenters.